The van der Waals surface area contributed by atoms with Crippen LogP contribution in [0.5, 0.6) is 0 Å². The van der Waals surface area contributed by atoms with Crippen LogP contribution in [0.3, 0.4) is 0 Å². The van der Waals surface area contributed by atoms with Crippen molar-refractivity contribution in [2.24, 2.45) is 0 Å². The molecule has 0 unspecified atom stereocenters. The summed E-state index contributed by atoms with van der Waals surface area (Å²) in [4.78, 5) is 16.3. The molecule has 0 aliphatic carbocycles. The number of carbonyl (C=O) groups excluding carboxylic acids is 1. The Morgan fingerprint density at radius 1 is 1.43 bits per heavy atom. The predicted octanol–water partition coefficient (Wildman–Crippen LogP) is 2.00. The number of halogens is 1. The van der Waals surface area contributed by atoms with Gasteiger partial charge in [-0.05, 0) is 31.5 Å². The molecule has 1 aromatic carbocycles. The number of anilines is 1. The molecule has 1 aliphatic rings. The second-order valence-corrected chi connectivity index (χ2v) is 5.37. The lowest BCUT2D eigenvalue weighted by atomic mass is 10.0. The molecule has 7 heteroatoms. The summed E-state index contributed by atoms with van der Waals surface area (Å²) in [6.07, 6.45) is 6.01. The highest BCUT2D eigenvalue weighted by Gasteiger charge is 2.22. The fourth-order valence-corrected chi connectivity index (χ4v) is 2.73. The molecule has 1 saturated heterocycles. The Bertz CT molecular complexity index is 622. The lowest BCUT2D eigenvalue weighted by Gasteiger charge is -2.23. The summed E-state index contributed by atoms with van der Waals surface area (Å²) >= 11 is 6.23. The molecule has 3 rings (SSSR count). The van der Waals surface area contributed by atoms with Crippen LogP contribution in [-0.2, 0) is 4.79 Å². The minimum atomic E-state index is -0.152. The highest BCUT2D eigenvalue weighted by atomic mass is 35.5. The van der Waals surface area contributed by atoms with Crippen LogP contribution in [0.25, 0.3) is 5.69 Å². The number of piperidine rings is 1. The Morgan fingerprint density at radius 2 is 2.33 bits per heavy atom. The van der Waals surface area contributed by atoms with E-state index in [0.717, 1.165) is 25.8 Å². The summed E-state index contributed by atoms with van der Waals surface area (Å²) in [6, 6.07) is 5.21. The molecule has 2 heterocycles. The van der Waals surface area contributed by atoms with Crippen molar-refractivity contribution in [1.82, 2.24) is 20.1 Å². The predicted molar refractivity (Wildman–Crippen MR) is 80.6 cm³/mol. The third-order valence-electron chi connectivity index (χ3n) is 3.52. The van der Waals surface area contributed by atoms with E-state index in [4.69, 9.17) is 11.6 Å². The van der Waals surface area contributed by atoms with Crippen molar-refractivity contribution in [3.8, 4) is 5.69 Å². The van der Waals surface area contributed by atoms with Crippen LogP contribution in [0.2, 0.25) is 5.02 Å². The second kappa shape index (κ2) is 6.24. The first kappa shape index (κ1) is 14.0. The van der Waals surface area contributed by atoms with Crippen LogP contribution in [-0.4, -0.2) is 33.3 Å². The van der Waals surface area contributed by atoms with Gasteiger partial charge >= 0.3 is 0 Å². The van der Waals surface area contributed by atoms with Crippen LogP contribution in [0.15, 0.2) is 30.9 Å². The molecular formula is C14H16ClN5O. The molecule has 1 amide bonds. The second-order valence-electron chi connectivity index (χ2n) is 4.97. The van der Waals surface area contributed by atoms with Gasteiger partial charge in [0.05, 0.1) is 16.8 Å². The van der Waals surface area contributed by atoms with Gasteiger partial charge < -0.3 is 10.6 Å². The van der Waals surface area contributed by atoms with Gasteiger partial charge in [0.1, 0.15) is 18.3 Å². The Hall–Kier alpha value is -1.92. The first-order valence-electron chi connectivity index (χ1n) is 6.93. The molecule has 0 saturated carbocycles. The molecular weight excluding hydrogens is 290 g/mol. The molecule has 110 valence electrons. The van der Waals surface area contributed by atoms with Crippen molar-refractivity contribution in [2.45, 2.75) is 25.3 Å². The number of aromatic nitrogens is 3. The summed E-state index contributed by atoms with van der Waals surface area (Å²) in [5.74, 6) is -0.0432. The Labute approximate surface area is 127 Å². The van der Waals surface area contributed by atoms with Crippen molar-refractivity contribution in [1.29, 1.82) is 0 Å². The number of para-hydroxylation sites is 1. The number of hydrogen-bond donors (Lipinski definition) is 2. The van der Waals surface area contributed by atoms with E-state index in [1.807, 2.05) is 6.07 Å². The highest BCUT2D eigenvalue weighted by Crippen LogP contribution is 2.28. The van der Waals surface area contributed by atoms with E-state index < -0.39 is 0 Å². The van der Waals surface area contributed by atoms with E-state index in [2.05, 4.69) is 20.7 Å². The van der Waals surface area contributed by atoms with Crippen LogP contribution in [0.1, 0.15) is 19.3 Å². The quantitative estimate of drug-likeness (QED) is 0.910. The molecule has 0 spiro atoms. The van der Waals surface area contributed by atoms with E-state index in [9.17, 15) is 4.79 Å². The van der Waals surface area contributed by atoms with E-state index in [1.165, 1.54) is 6.33 Å². The smallest absolute Gasteiger partial charge is 0.241 e. The Balaban J connectivity index is 1.85. The number of carbonyl (C=O) groups is 1. The van der Waals surface area contributed by atoms with Gasteiger partial charge in [0.15, 0.2) is 0 Å². The molecule has 1 atom stereocenters. The van der Waals surface area contributed by atoms with Crippen LogP contribution in [0, 0.1) is 0 Å². The minimum absolute atomic E-state index is 0.0432. The van der Waals surface area contributed by atoms with Gasteiger partial charge in [0.2, 0.25) is 5.91 Å². The topological polar surface area (TPSA) is 71.8 Å². The molecule has 0 radical (unpaired) electrons. The zero-order valence-corrected chi connectivity index (χ0v) is 12.2. The fraction of sp³-hybridized carbons (Fsp3) is 0.357. The zero-order chi connectivity index (χ0) is 14.7. The maximum Gasteiger partial charge on any atom is 0.241 e. The first-order chi connectivity index (χ1) is 10.3. The third-order valence-corrected chi connectivity index (χ3v) is 3.82. The van der Waals surface area contributed by atoms with E-state index >= 15 is 0 Å². The summed E-state index contributed by atoms with van der Waals surface area (Å²) < 4.78 is 1.55. The molecule has 2 N–H and O–H groups in total. The van der Waals surface area contributed by atoms with Crippen molar-refractivity contribution >= 4 is 23.2 Å². The van der Waals surface area contributed by atoms with Gasteiger partial charge in [-0.15, -0.1) is 0 Å². The lowest BCUT2D eigenvalue weighted by molar-refractivity contribution is -0.118. The van der Waals surface area contributed by atoms with Crippen LogP contribution >= 0.6 is 11.6 Å². The van der Waals surface area contributed by atoms with Gasteiger partial charge in [-0.2, -0.15) is 5.10 Å². The van der Waals surface area contributed by atoms with Crippen LogP contribution in [0.4, 0.5) is 5.69 Å². The van der Waals surface area contributed by atoms with E-state index in [1.54, 1.807) is 23.1 Å². The summed E-state index contributed by atoms with van der Waals surface area (Å²) in [5, 5.41) is 10.8. The van der Waals surface area contributed by atoms with Crippen molar-refractivity contribution < 1.29 is 4.79 Å². The summed E-state index contributed by atoms with van der Waals surface area (Å²) in [7, 11) is 0. The van der Waals surface area contributed by atoms with Crippen LogP contribution < -0.4 is 10.6 Å². The molecule has 1 fully saturated rings. The monoisotopic (exact) mass is 305 g/mol. The number of amides is 1. The van der Waals surface area contributed by atoms with E-state index in [-0.39, 0.29) is 11.9 Å². The number of benzene rings is 1. The normalized spacial score (nSPS) is 18.4. The average Bonchev–Trinajstić information content (AvgIpc) is 3.02. The largest absolute Gasteiger partial charge is 0.323 e. The Kier molecular flexibility index (Phi) is 4.17. The fourth-order valence-electron chi connectivity index (χ4n) is 2.47. The molecule has 0 bridgehead atoms. The number of rotatable bonds is 3. The standard InChI is InChI=1S/C14H16ClN5O/c15-10-4-3-6-11(13(10)20-9-16-8-18-20)19-14(21)12-5-1-2-7-17-12/h3-4,6,8-9,12,17H,1-2,5,7H2,(H,19,21)/t12-/m0/s1. The van der Waals surface area contributed by atoms with Gasteiger partial charge in [-0.25, -0.2) is 9.67 Å². The molecule has 2 aromatic rings. The highest BCUT2D eigenvalue weighted by molar-refractivity contribution is 6.33. The van der Waals surface area contributed by atoms with Crippen molar-refractivity contribution in [3.63, 3.8) is 0 Å². The van der Waals surface area contributed by atoms with Gasteiger partial charge in [0.25, 0.3) is 0 Å². The summed E-state index contributed by atoms with van der Waals surface area (Å²) in [5.41, 5.74) is 1.26. The molecule has 1 aromatic heterocycles. The van der Waals surface area contributed by atoms with Crippen molar-refractivity contribution in [3.05, 3.63) is 35.9 Å². The van der Waals surface area contributed by atoms with Crippen molar-refractivity contribution in [2.75, 3.05) is 11.9 Å². The first-order valence-corrected chi connectivity index (χ1v) is 7.31. The molecule has 6 nitrogen and oxygen atoms in total. The van der Waals surface area contributed by atoms with E-state index in [0.29, 0.717) is 16.4 Å². The SMILES string of the molecule is O=C(Nc1cccc(Cl)c1-n1cncn1)[C@@H]1CCCCN1. The van der Waals surface area contributed by atoms with Gasteiger partial charge in [-0.3, -0.25) is 4.79 Å². The number of nitrogens with zero attached hydrogens (tertiary/aromatic N) is 3. The average molecular weight is 306 g/mol. The summed E-state index contributed by atoms with van der Waals surface area (Å²) in [6.45, 7) is 0.879. The maximum atomic E-state index is 12.3. The lowest BCUT2D eigenvalue weighted by Crippen LogP contribution is -2.43. The molecule has 1 aliphatic heterocycles. The van der Waals surface area contributed by atoms with Gasteiger partial charge in [-0.1, -0.05) is 24.1 Å². The minimum Gasteiger partial charge on any atom is -0.323 e. The zero-order valence-electron chi connectivity index (χ0n) is 11.4. The number of hydrogen-bond acceptors (Lipinski definition) is 4. The molecule has 21 heavy (non-hydrogen) atoms. The Morgan fingerprint density at radius 3 is 3.05 bits per heavy atom. The maximum absolute atomic E-state index is 12.3. The van der Waals surface area contributed by atoms with Gasteiger partial charge in [0, 0.05) is 0 Å². The third kappa shape index (κ3) is 3.06. The number of nitrogens with one attached hydrogen (secondary N) is 2.